The fraction of sp³-hybridized carbons (Fsp3) is 0.565. The standard InChI is InChI=1S/C23H33N2O7P/c1-6-14(5)33(29,30)32-23(7-2,8-3)11-17-18(26)19(27)20(31-17)16-10-15-9-13(4)12-24-21(15)25-22(16)28/h9-10,12,17-20,26-27H,5-8,11H2,1-4H3,(H,29,30)(H,24,25,28). The number of ether oxygens (including phenoxy) is 1. The Morgan fingerprint density at radius 3 is 2.55 bits per heavy atom. The molecule has 33 heavy (non-hydrogen) atoms. The van der Waals surface area contributed by atoms with Gasteiger partial charge in [0.15, 0.2) is 0 Å². The summed E-state index contributed by atoms with van der Waals surface area (Å²) in [5.41, 5.74) is -0.0575. The van der Waals surface area contributed by atoms with Crippen molar-refractivity contribution in [2.75, 3.05) is 0 Å². The first-order chi connectivity index (χ1) is 15.5. The summed E-state index contributed by atoms with van der Waals surface area (Å²) in [7, 11) is -4.10. The molecule has 0 bridgehead atoms. The summed E-state index contributed by atoms with van der Waals surface area (Å²) in [4.78, 5) is 30.0. The predicted octanol–water partition coefficient (Wildman–Crippen LogP) is 3.47. The van der Waals surface area contributed by atoms with Crippen LogP contribution in [0.15, 0.2) is 35.0 Å². The van der Waals surface area contributed by atoms with Crippen molar-refractivity contribution in [2.45, 2.75) is 83.4 Å². The van der Waals surface area contributed by atoms with Gasteiger partial charge in [0.1, 0.15) is 24.0 Å². The summed E-state index contributed by atoms with van der Waals surface area (Å²) in [5.74, 6) is 0. The highest BCUT2D eigenvalue weighted by Gasteiger charge is 2.49. The molecule has 0 saturated carbocycles. The van der Waals surface area contributed by atoms with Gasteiger partial charge in [0.25, 0.3) is 5.56 Å². The topological polar surface area (TPSA) is 142 Å². The van der Waals surface area contributed by atoms with E-state index in [2.05, 4.69) is 16.5 Å². The maximum atomic E-state index is 12.7. The zero-order valence-electron chi connectivity index (χ0n) is 19.4. The molecule has 0 aromatic carbocycles. The first kappa shape index (κ1) is 25.7. The quantitative estimate of drug-likeness (QED) is 0.400. The fourth-order valence-corrected chi connectivity index (χ4v) is 5.59. The molecule has 0 amide bonds. The Morgan fingerprint density at radius 2 is 1.94 bits per heavy atom. The van der Waals surface area contributed by atoms with E-state index in [4.69, 9.17) is 9.26 Å². The number of pyridine rings is 2. The molecule has 3 rings (SSSR count). The number of H-pyrrole nitrogens is 1. The van der Waals surface area contributed by atoms with Crippen molar-refractivity contribution in [1.29, 1.82) is 0 Å². The number of nitrogens with zero attached hydrogens (tertiary/aromatic N) is 1. The summed E-state index contributed by atoms with van der Waals surface area (Å²) < 4.78 is 24.4. The molecule has 4 N–H and O–H groups in total. The summed E-state index contributed by atoms with van der Waals surface area (Å²) in [6.45, 7) is 10.9. The number of nitrogens with one attached hydrogen (secondary N) is 1. The number of aryl methyl sites for hydroxylation is 1. The van der Waals surface area contributed by atoms with Gasteiger partial charge in [-0.15, -0.1) is 0 Å². The first-order valence-corrected chi connectivity index (χ1v) is 12.8. The Morgan fingerprint density at radius 1 is 1.27 bits per heavy atom. The minimum atomic E-state index is -4.10. The molecule has 2 aromatic heterocycles. The predicted molar refractivity (Wildman–Crippen MR) is 125 cm³/mol. The molecule has 182 valence electrons. The van der Waals surface area contributed by atoms with E-state index in [1.165, 1.54) is 0 Å². The smallest absolute Gasteiger partial charge is 0.354 e. The van der Waals surface area contributed by atoms with Crippen LogP contribution in [0, 0.1) is 6.92 Å². The van der Waals surface area contributed by atoms with Gasteiger partial charge in [-0.05, 0) is 43.9 Å². The van der Waals surface area contributed by atoms with Gasteiger partial charge in [-0.1, -0.05) is 27.4 Å². The van der Waals surface area contributed by atoms with E-state index in [0.29, 0.717) is 30.3 Å². The normalized spacial score (nSPS) is 25.3. The molecule has 5 atom stereocenters. The average Bonchev–Trinajstić information content (AvgIpc) is 3.05. The lowest BCUT2D eigenvalue weighted by Gasteiger charge is -2.36. The molecule has 3 heterocycles. The van der Waals surface area contributed by atoms with E-state index in [-0.39, 0.29) is 17.3 Å². The van der Waals surface area contributed by atoms with Crippen LogP contribution < -0.4 is 5.56 Å². The van der Waals surface area contributed by atoms with Crippen LogP contribution in [-0.4, -0.2) is 49.0 Å². The second-order valence-corrected chi connectivity index (χ2v) is 10.6. The van der Waals surface area contributed by atoms with Crippen molar-refractivity contribution in [3.8, 4) is 0 Å². The highest BCUT2D eigenvalue weighted by Crippen LogP contribution is 2.56. The number of hydrogen-bond donors (Lipinski definition) is 4. The number of hydrogen-bond acceptors (Lipinski definition) is 7. The molecule has 1 fully saturated rings. The molecule has 0 spiro atoms. The third-order valence-electron chi connectivity index (χ3n) is 6.51. The lowest BCUT2D eigenvalue weighted by Crippen LogP contribution is -2.40. The number of aliphatic hydroxyl groups is 2. The van der Waals surface area contributed by atoms with Crippen molar-refractivity contribution in [3.63, 3.8) is 0 Å². The largest absolute Gasteiger partial charge is 0.388 e. The third-order valence-corrected chi connectivity index (χ3v) is 8.27. The molecule has 1 saturated heterocycles. The van der Waals surface area contributed by atoms with Gasteiger partial charge in [0.05, 0.1) is 11.7 Å². The average molecular weight is 480 g/mol. The minimum absolute atomic E-state index is 0.0580. The highest BCUT2D eigenvalue weighted by atomic mass is 31.2. The van der Waals surface area contributed by atoms with E-state index >= 15 is 0 Å². The van der Waals surface area contributed by atoms with Gasteiger partial charge in [-0.3, -0.25) is 13.9 Å². The lowest BCUT2D eigenvalue weighted by atomic mass is 9.88. The third kappa shape index (κ3) is 5.14. The van der Waals surface area contributed by atoms with Crippen molar-refractivity contribution in [1.82, 2.24) is 9.97 Å². The molecule has 1 aliphatic rings. The van der Waals surface area contributed by atoms with Crippen LogP contribution in [0.25, 0.3) is 11.0 Å². The molecule has 10 heteroatoms. The van der Waals surface area contributed by atoms with Crippen LogP contribution in [0.2, 0.25) is 0 Å². The van der Waals surface area contributed by atoms with E-state index in [1.54, 1.807) is 19.2 Å². The van der Waals surface area contributed by atoms with Crippen molar-refractivity contribution in [2.24, 2.45) is 0 Å². The summed E-state index contributed by atoms with van der Waals surface area (Å²) in [5, 5.41) is 22.3. The van der Waals surface area contributed by atoms with Gasteiger partial charge < -0.3 is 24.8 Å². The van der Waals surface area contributed by atoms with Crippen LogP contribution in [0.4, 0.5) is 0 Å². The minimum Gasteiger partial charge on any atom is -0.388 e. The Labute approximate surface area is 193 Å². The molecule has 5 unspecified atom stereocenters. The maximum Gasteiger partial charge on any atom is 0.354 e. The molecular weight excluding hydrogens is 447 g/mol. The van der Waals surface area contributed by atoms with E-state index in [9.17, 15) is 24.5 Å². The second-order valence-electron chi connectivity index (χ2n) is 8.71. The van der Waals surface area contributed by atoms with Gasteiger partial charge in [0, 0.05) is 28.9 Å². The molecule has 0 aliphatic carbocycles. The number of aromatic amines is 1. The molecule has 2 aromatic rings. The summed E-state index contributed by atoms with van der Waals surface area (Å²) in [6.07, 6.45) is -1.91. The zero-order chi connectivity index (χ0) is 24.6. The Hall–Kier alpha value is -1.87. The van der Waals surface area contributed by atoms with E-state index in [1.807, 2.05) is 26.8 Å². The molecule has 1 aliphatic heterocycles. The van der Waals surface area contributed by atoms with Crippen LogP contribution in [0.5, 0.6) is 0 Å². The number of rotatable bonds is 9. The zero-order valence-corrected chi connectivity index (χ0v) is 20.3. The monoisotopic (exact) mass is 480 g/mol. The molecular formula is C23H33N2O7P. The number of fused-ring (bicyclic) bond motifs is 1. The van der Waals surface area contributed by atoms with Crippen LogP contribution >= 0.6 is 7.60 Å². The van der Waals surface area contributed by atoms with Gasteiger partial charge in [-0.2, -0.15) is 0 Å². The summed E-state index contributed by atoms with van der Waals surface area (Å²) >= 11 is 0. The van der Waals surface area contributed by atoms with Crippen LogP contribution in [-0.2, 0) is 13.8 Å². The second kappa shape index (κ2) is 9.78. The number of allylic oxidation sites excluding steroid dienone is 1. The van der Waals surface area contributed by atoms with Crippen molar-refractivity contribution < 1.29 is 28.9 Å². The van der Waals surface area contributed by atoms with E-state index in [0.717, 1.165) is 5.56 Å². The van der Waals surface area contributed by atoms with Crippen LogP contribution in [0.3, 0.4) is 0 Å². The fourth-order valence-electron chi connectivity index (χ4n) is 4.20. The van der Waals surface area contributed by atoms with Gasteiger partial charge in [0.2, 0.25) is 0 Å². The Kier molecular flexibility index (Phi) is 7.63. The Bertz CT molecular complexity index is 1130. The summed E-state index contributed by atoms with van der Waals surface area (Å²) in [6, 6.07) is 3.46. The Balaban J connectivity index is 1.90. The molecule has 0 radical (unpaired) electrons. The maximum absolute atomic E-state index is 12.7. The van der Waals surface area contributed by atoms with Crippen molar-refractivity contribution in [3.05, 3.63) is 51.7 Å². The lowest BCUT2D eigenvalue weighted by molar-refractivity contribution is -0.0545. The highest BCUT2D eigenvalue weighted by molar-refractivity contribution is 7.57. The first-order valence-electron chi connectivity index (χ1n) is 11.2. The van der Waals surface area contributed by atoms with Crippen molar-refractivity contribution >= 4 is 18.6 Å². The van der Waals surface area contributed by atoms with E-state index < -0.39 is 43.2 Å². The number of aromatic nitrogens is 2. The SMILES string of the molecule is C=C(CC)P(=O)(O)OC(CC)(CC)CC1OC(c2cc3cc(C)cnc3[nH]c2=O)C(O)C1O. The van der Waals surface area contributed by atoms with Crippen LogP contribution in [0.1, 0.15) is 63.7 Å². The molecule has 9 nitrogen and oxygen atoms in total. The van der Waals surface area contributed by atoms with Gasteiger partial charge in [-0.25, -0.2) is 4.98 Å². The van der Waals surface area contributed by atoms with Gasteiger partial charge >= 0.3 is 7.60 Å². The number of aliphatic hydroxyl groups excluding tert-OH is 2.